The molecule has 25 heteroatoms. The fourth-order valence-electron chi connectivity index (χ4n) is 6.95. The first kappa shape index (κ1) is 45.1. The van der Waals surface area contributed by atoms with Crippen molar-refractivity contribution in [3.05, 3.63) is 0 Å². The highest BCUT2D eigenvalue weighted by atomic mass is 16.8. The average Bonchev–Trinajstić information content (AvgIpc) is 3.17. The van der Waals surface area contributed by atoms with Crippen molar-refractivity contribution in [3.8, 4) is 0 Å². The lowest BCUT2D eigenvalue weighted by molar-refractivity contribution is -0.398. The van der Waals surface area contributed by atoms with Crippen LogP contribution in [0.15, 0.2) is 0 Å². The Morgan fingerprint density at radius 1 is 0.327 bits per heavy atom. The van der Waals surface area contributed by atoms with Crippen molar-refractivity contribution >= 4 is 0 Å². The summed E-state index contributed by atoms with van der Waals surface area (Å²) in [6.45, 7) is -2.32. The van der Waals surface area contributed by atoms with E-state index in [0.717, 1.165) is 0 Å². The van der Waals surface area contributed by atoms with E-state index in [1.54, 1.807) is 0 Å². The molecular formula is C30H52O25. The Bertz CT molecular complexity index is 1190. The minimum absolute atomic E-state index is 0.841. The number of hydrogen-bond acceptors (Lipinski definition) is 25. The van der Waals surface area contributed by atoms with Crippen molar-refractivity contribution in [2.24, 2.45) is 0 Å². The Labute approximate surface area is 311 Å². The van der Waals surface area contributed by atoms with Gasteiger partial charge in [-0.2, -0.15) is 0 Å². The Kier molecular flexibility index (Phi) is 15.5. The third kappa shape index (κ3) is 9.11. The van der Waals surface area contributed by atoms with Crippen LogP contribution < -0.4 is 0 Å². The molecule has 5 heterocycles. The Hall–Kier alpha value is -1.00. The fraction of sp³-hybridized carbons (Fsp3) is 1.00. The molecule has 0 aromatic carbocycles. The largest absolute Gasteiger partial charge is 0.394 e. The third-order valence-corrected chi connectivity index (χ3v) is 10.3. The predicted molar refractivity (Wildman–Crippen MR) is 165 cm³/mol. The molecule has 0 aromatic heterocycles. The van der Waals surface area contributed by atoms with E-state index in [4.69, 9.17) is 42.6 Å². The highest BCUT2D eigenvalue weighted by Gasteiger charge is 2.56. The van der Waals surface area contributed by atoms with E-state index in [2.05, 4.69) is 0 Å². The van der Waals surface area contributed by atoms with Gasteiger partial charge in [-0.15, -0.1) is 0 Å². The molecule has 0 aromatic rings. The van der Waals surface area contributed by atoms with E-state index in [9.17, 15) is 81.7 Å². The number of aliphatic hydroxyl groups is 16. The van der Waals surface area contributed by atoms with Crippen molar-refractivity contribution < 1.29 is 124 Å². The van der Waals surface area contributed by atoms with Gasteiger partial charge in [-0.25, -0.2) is 0 Å². The summed E-state index contributed by atoms with van der Waals surface area (Å²) in [6, 6.07) is 0. The first-order valence-electron chi connectivity index (χ1n) is 17.5. The van der Waals surface area contributed by atoms with Gasteiger partial charge in [0.05, 0.1) is 32.5 Å². The number of hydrogen-bond donors (Lipinski definition) is 16. The smallest absolute Gasteiger partial charge is 0.187 e. The van der Waals surface area contributed by atoms with Crippen LogP contribution in [0.4, 0.5) is 0 Å². The molecule has 5 aliphatic heterocycles. The second-order valence-electron chi connectivity index (χ2n) is 13.9. The molecular weight excluding hydrogens is 760 g/mol. The number of ether oxygens (including phenoxy) is 9. The molecule has 5 fully saturated rings. The first-order valence-corrected chi connectivity index (χ1v) is 17.5. The van der Waals surface area contributed by atoms with E-state index >= 15 is 0 Å². The molecule has 16 N–H and O–H groups in total. The standard InChI is InChI=1S/C30H52O25/c1-6-11(35)14(38)19(43)27(47-6)55-25-15(39)12(36)7(2-31)50-30(25)54-24-13(37)8(3-32)49-29(21(24)45)53-23-10(5-34)51-28(20(44)17(23)41)52-22-9(4-33)48-26(46)18(42)16(22)40/h6-46H,2-5H2,1H3/t6-,7+,8+,9+,10+,11+,12-,13-,14+,15-,16+,17+,18+,19-,20+,21+,22+,23-,24-,25+,26?,27-,28-,29+,30+/m0/s1. The molecule has 55 heavy (non-hydrogen) atoms. The molecule has 0 spiro atoms. The van der Waals surface area contributed by atoms with Crippen molar-refractivity contribution in [1.29, 1.82) is 0 Å². The lowest BCUT2D eigenvalue weighted by Crippen LogP contribution is -2.68. The minimum atomic E-state index is -2.13. The zero-order valence-electron chi connectivity index (χ0n) is 29.1. The van der Waals surface area contributed by atoms with Crippen LogP contribution in [0, 0.1) is 0 Å². The van der Waals surface area contributed by atoms with Crippen LogP contribution in [0.25, 0.3) is 0 Å². The predicted octanol–water partition coefficient (Wildman–Crippen LogP) is -10.9. The molecule has 5 saturated heterocycles. The molecule has 0 saturated carbocycles. The molecule has 322 valence electrons. The molecule has 0 bridgehead atoms. The van der Waals surface area contributed by atoms with Crippen molar-refractivity contribution in [2.75, 3.05) is 26.4 Å². The van der Waals surface area contributed by atoms with Gasteiger partial charge in [0.15, 0.2) is 31.5 Å². The summed E-state index contributed by atoms with van der Waals surface area (Å²) in [5.74, 6) is 0. The average molecular weight is 813 g/mol. The highest BCUT2D eigenvalue weighted by molar-refractivity contribution is 4.98. The van der Waals surface area contributed by atoms with E-state index in [1.807, 2.05) is 0 Å². The van der Waals surface area contributed by atoms with Crippen LogP contribution in [-0.2, 0) is 42.6 Å². The monoisotopic (exact) mass is 812 g/mol. The van der Waals surface area contributed by atoms with Crippen LogP contribution in [0.2, 0.25) is 0 Å². The first-order chi connectivity index (χ1) is 26.0. The maximum Gasteiger partial charge on any atom is 0.187 e. The van der Waals surface area contributed by atoms with Gasteiger partial charge in [0, 0.05) is 0 Å². The molecule has 5 rings (SSSR count). The Morgan fingerprint density at radius 2 is 0.727 bits per heavy atom. The number of rotatable bonds is 12. The van der Waals surface area contributed by atoms with Gasteiger partial charge >= 0.3 is 0 Å². The van der Waals surface area contributed by atoms with Crippen molar-refractivity contribution in [2.45, 2.75) is 160 Å². The lowest BCUT2D eigenvalue weighted by Gasteiger charge is -2.49. The maximum atomic E-state index is 11.4. The van der Waals surface area contributed by atoms with Gasteiger partial charge in [0.1, 0.15) is 116 Å². The summed E-state index contributed by atoms with van der Waals surface area (Å²) >= 11 is 0. The molecule has 0 amide bonds. The van der Waals surface area contributed by atoms with Gasteiger partial charge in [0.2, 0.25) is 0 Å². The molecule has 5 aliphatic rings. The molecule has 0 radical (unpaired) electrons. The van der Waals surface area contributed by atoms with Gasteiger partial charge < -0.3 is 124 Å². The minimum Gasteiger partial charge on any atom is -0.394 e. The normalized spacial score (nSPS) is 53.9. The number of aliphatic hydroxyl groups excluding tert-OH is 16. The molecule has 25 atom stereocenters. The lowest BCUT2D eigenvalue weighted by atomic mass is 9.95. The van der Waals surface area contributed by atoms with Gasteiger partial charge in [-0.1, -0.05) is 0 Å². The fourth-order valence-corrected chi connectivity index (χ4v) is 6.95. The molecule has 1 unspecified atom stereocenters. The van der Waals surface area contributed by atoms with E-state index in [-0.39, 0.29) is 0 Å². The summed E-state index contributed by atoms with van der Waals surface area (Å²) in [5.41, 5.74) is 0. The SMILES string of the molecule is C[C@@H]1O[C@@H](O[C@H]2[C@@H](O[C@H]3[C@@H](O)[C@@H](CO)O[C@H](O[C@@H]4[C@H](O)[C@@H](O)[C@H](O[C@H]5[C@H](O)[C@@H](O)C(O)O[C@@H]5CO)O[C@@H]4CO)[C@@H]3O)O[C@H](CO)[C@H](O)[C@@H]2O)[C@@H](O)[C@H](O)[C@@H]1O. The zero-order valence-corrected chi connectivity index (χ0v) is 29.1. The second kappa shape index (κ2) is 18.9. The van der Waals surface area contributed by atoms with Crippen molar-refractivity contribution in [3.63, 3.8) is 0 Å². The highest BCUT2D eigenvalue weighted by Crippen LogP contribution is 2.35. The summed E-state index contributed by atoms with van der Waals surface area (Å²) < 4.78 is 49.7. The summed E-state index contributed by atoms with van der Waals surface area (Å²) in [4.78, 5) is 0. The van der Waals surface area contributed by atoms with Crippen LogP contribution >= 0.6 is 0 Å². The third-order valence-electron chi connectivity index (χ3n) is 10.3. The van der Waals surface area contributed by atoms with Gasteiger partial charge in [-0.05, 0) is 6.92 Å². The molecule has 0 aliphatic carbocycles. The van der Waals surface area contributed by atoms with E-state index in [0.29, 0.717) is 0 Å². The Balaban J connectivity index is 1.33. The van der Waals surface area contributed by atoms with Crippen LogP contribution in [-0.4, -0.2) is 262 Å². The van der Waals surface area contributed by atoms with Gasteiger partial charge in [-0.3, -0.25) is 0 Å². The topological polar surface area (TPSA) is 407 Å². The van der Waals surface area contributed by atoms with E-state index in [1.165, 1.54) is 6.92 Å². The molecule has 25 nitrogen and oxygen atoms in total. The maximum absolute atomic E-state index is 11.4. The zero-order chi connectivity index (χ0) is 40.6. The summed E-state index contributed by atoms with van der Waals surface area (Å²) in [5, 5.41) is 167. The summed E-state index contributed by atoms with van der Waals surface area (Å²) in [7, 11) is 0. The quantitative estimate of drug-likeness (QED) is 0.0870. The van der Waals surface area contributed by atoms with Crippen LogP contribution in [0.5, 0.6) is 0 Å². The van der Waals surface area contributed by atoms with E-state index < -0.39 is 180 Å². The van der Waals surface area contributed by atoms with Gasteiger partial charge in [0.25, 0.3) is 0 Å². The Morgan fingerprint density at radius 3 is 1.31 bits per heavy atom. The van der Waals surface area contributed by atoms with Crippen LogP contribution in [0.3, 0.4) is 0 Å². The van der Waals surface area contributed by atoms with Crippen molar-refractivity contribution in [1.82, 2.24) is 0 Å². The summed E-state index contributed by atoms with van der Waals surface area (Å²) in [6.07, 6.45) is -45.2. The second-order valence-corrected chi connectivity index (χ2v) is 13.9. The van der Waals surface area contributed by atoms with Crippen LogP contribution in [0.1, 0.15) is 6.92 Å².